The number of hydrogen-bond donors (Lipinski definition) is 0. The molecule has 7 rings (SSSR count). The summed E-state index contributed by atoms with van der Waals surface area (Å²) in [5.41, 5.74) is 7.65. The standard InChI is InChI=1S/C13H9.C9H7.2C7H7.CH2.Ti/c1-3-7-12-10(5-1)9-11-6-2-4-8-13(11)12;1-2-5-9-7-3-6-8(9)4-1;2*1-7-5-3-2-4-6-7;;/h1-5,7-8H,9H2;1-7H;2*2-6H,1H2;1H2;/q4*-1;;. The minimum absolute atomic E-state index is 1.05. The molecule has 0 heterocycles. The molecule has 0 fully saturated rings. The predicted molar refractivity (Wildman–Crippen MR) is 162 cm³/mol. The Morgan fingerprint density at radius 3 is 1.76 bits per heavy atom. The van der Waals surface area contributed by atoms with Crippen molar-refractivity contribution in [2.75, 3.05) is 0 Å². The van der Waals surface area contributed by atoms with E-state index in [1.54, 1.807) is 20.0 Å². The van der Waals surface area contributed by atoms with Gasteiger partial charge >= 0.3 is 24.8 Å². The third kappa shape index (κ3) is 8.85. The number of fused-ring (bicyclic) bond motifs is 4. The zero-order chi connectivity index (χ0) is 27.0. The first-order valence-corrected chi connectivity index (χ1v) is 13.6. The molecule has 0 unspecified atom stereocenters. The van der Waals surface area contributed by atoms with Gasteiger partial charge in [-0.25, -0.2) is 0 Å². The molecule has 0 saturated heterocycles. The van der Waals surface area contributed by atoms with E-state index in [0.29, 0.717) is 0 Å². The molecule has 188 valence electrons. The SMILES string of the molecule is [CH2-]c1ccccc1.[CH2-]c1ccccc1.[CH2]=[Ti].[c-]1cccc2c1Cc1ccccc1-2.c1ccc2[cH-]ccc2c1. The maximum absolute atomic E-state index is 3.72. The molecule has 0 N–H and O–H groups in total. The van der Waals surface area contributed by atoms with E-state index in [1.165, 1.54) is 33.0 Å². The van der Waals surface area contributed by atoms with Gasteiger partial charge in [0.1, 0.15) is 0 Å². The van der Waals surface area contributed by atoms with Gasteiger partial charge in [-0.15, -0.1) is 59.5 Å². The van der Waals surface area contributed by atoms with Crippen molar-refractivity contribution < 1.29 is 20.0 Å². The summed E-state index contributed by atoms with van der Waals surface area (Å²) in [6, 6.07) is 52.5. The van der Waals surface area contributed by atoms with Crippen LogP contribution < -0.4 is 0 Å². The molecule has 0 bridgehead atoms. The molecule has 0 radical (unpaired) electrons. The Labute approximate surface area is 239 Å². The predicted octanol–water partition coefficient (Wildman–Crippen LogP) is 9.32. The Morgan fingerprint density at radius 1 is 0.605 bits per heavy atom. The fraction of sp³-hybridized carbons (Fsp3) is 0.0270. The van der Waals surface area contributed by atoms with E-state index in [4.69, 9.17) is 0 Å². The van der Waals surface area contributed by atoms with Crippen LogP contribution in [-0.4, -0.2) is 4.82 Å². The van der Waals surface area contributed by atoms with Crippen LogP contribution in [0.15, 0.2) is 146 Å². The number of hydrogen-bond acceptors (Lipinski definition) is 0. The van der Waals surface area contributed by atoms with Crippen LogP contribution in [-0.2, 0) is 26.4 Å². The average Bonchev–Trinajstić information content (AvgIpc) is 3.61. The third-order valence-corrected chi connectivity index (χ3v) is 5.85. The number of benzene rings is 5. The number of rotatable bonds is 0. The van der Waals surface area contributed by atoms with E-state index in [2.05, 4.69) is 104 Å². The van der Waals surface area contributed by atoms with Crippen LogP contribution in [0.25, 0.3) is 21.9 Å². The van der Waals surface area contributed by atoms with Gasteiger partial charge in [0, 0.05) is 0 Å². The second-order valence-corrected chi connectivity index (χ2v) is 8.52. The summed E-state index contributed by atoms with van der Waals surface area (Å²) in [4.78, 5) is 3.25. The molecule has 0 amide bonds. The van der Waals surface area contributed by atoms with Gasteiger partial charge in [-0.3, -0.25) is 0 Å². The molecule has 0 spiro atoms. The van der Waals surface area contributed by atoms with Crippen molar-refractivity contribution in [3.63, 3.8) is 0 Å². The Kier molecular flexibility index (Phi) is 12.0. The Hall–Kier alpha value is -3.97. The van der Waals surface area contributed by atoms with E-state index in [9.17, 15) is 0 Å². The third-order valence-electron chi connectivity index (χ3n) is 5.85. The molecule has 0 nitrogen and oxygen atoms in total. The first kappa shape index (κ1) is 28.6. The largest absolute Gasteiger partial charge is 0.179 e. The summed E-state index contributed by atoms with van der Waals surface area (Å²) in [6.07, 6.45) is 1.05. The van der Waals surface area contributed by atoms with Crippen LogP contribution in [0.2, 0.25) is 0 Å². The van der Waals surface area contributed by atoms with Crippen LogP contribution >= 0.6 is 0 Å². The quantitative estimate of drug-likeness (QED) is 0.137. The molecule has 1 heteroatoms. The monoisotopic (exact) mass is 524 g/mol. The fourth-order valence-corrected chi connectivity index (χ4v) is 4.02. The van der Waals surface area contributed by atoms with E-state index in [-0.39, 0.29) is 0 Å². The molecule has 6 aromatic carbocycles. The van der Waals surface area contributed by atoms with Gasteiger partial charge in [-0.1, -0.05) is 53.6 Å². The fourth-order valence-electron chi connectivity index (χ4n) is 4.02. The molecular formula is C37H32Ti-4. The smallest absolute Gasteiger partial charge is 0.0253 e. The summed E-state index contributed by atoms with van der Waals surface area (Å²) in [5, 5.41) is 2.66. The van der Waals surface area contributed by atoms with Gasteiger partial charge in [0.05, 0.1) is 0 Å². The van der Waals surface area contributed by atoms with Crippen LogP contribution in [0.1, 0.15) is 22.3 Å². The van der Waals surface area contributed by atoms with Crippen LogP contribution in [0.5, 0.6) is 0 Å². The van der Waals surface area contributed by atoms with Gasteiger partial charge in [-0.2, -0.15) is 96.6 Å². The van der Waals surface area contributed by atoms with Crippen molar-refractivity contribution in [2.24, 2.45) is 0 Å². The van der Waals surface area contributed by atoms with E-state index < -0.39 is 0 Å². The molecule has 6 aromatic rings. The summed E-state index contributed by atoms with van der Waals surface area (Å²) in [6.45, 7) is 7.44. The van der Waals surface area contributed by atoms with Crippen molar-refractivity contribution >= 4 is 15.6 Å². The molecule has 0 saturated carbocycles. The molecule has 38 heavy (non-hydrogen) atoms. The minimum Gasteiger partial charge on any atom is -0.179 e. The molecule has 1 aliphatic carbocycles. The van der Waals surface area contributed by atoms with Crippen LogP contribution in [0.4, 0.5) is 0 Å². The topological polar surface area (TPSA) is 0 Å². The van der Waals surface area contributed by atoms with Gasteiger partial charge in [0.2, 0.25) is 0 Å². The summed E-state index contributed by atoms with van der Waals surface area (Å²) in [7, 11) is 0. The van der Waals surface area contributed by atoms with Gasteiger partial charge in [0.15, 0.2) is 0 Å². The normalized spacial score (nSPS) is 9.87. The van der Waals surface area contributed by atoms with E-state index in [1.807, 2.05) is 66.7 Å². The summed E-state index contributed by atoms with van der Waals surface area (Å²) in [5.74, 6) is 0. The van der Waals surface area contributed by atoms with E-state index >= 15 is 0 Å². The van der Waals surface area contributed by atoms with Crippen molar-refractivity contribution in [2.45, 2.75) is 6.42 Å². The Morgan fingerprint density at radius 2 is 1.16 bits per heavy atom. The molecule has 0 aromatic heterocycles. The Bertz CT molecular complexity index is 1370. The summed E-state index contributed by atoms with van der Waals surface area (Å²) < 4.78 is 0. The van der Waals surface area contributed by atoms with Gasteiger partial charge in [-0.05, 0) is 6.42 Å². The second kappa shape index (κ2) is 16.0. The van der Waals surface area contributed by atoms with Gasteiger partial charge in [0.25, 0.3) is 0 Å². The zero-order valence-corrected chi connectivity index (χ0v) is 23.2. The molecule has 1 aliphatic rings. The maximum atomic E-state index is 3.72. The zero-order valence-electron chi connectivity index (χ0n) is 21.7. The van der Waals surface area contributed by atoms with Crippen LogP contribution in [0.3, 0.4) is 0 Å². The first-order chi connectivity index (χ1) is 18.7. The summed E-state index contributed by atoms with van der Waals surface area (Å²) >= 11 is 1.75. The average molecular weight is 525 g/mol. The van der Waals surface area contributed by atoms with Crippen molar-refractivity contribution in [3.8, 4) is 11.1 Å². The second-order valence-electron chi connectivity index (χ2n) is 8.52. The van der Waals surface area contributed by atoms with E-state index in [0.717, 1.165) is 17.5 Å². The van der Waals surface area contributed by atoms with Crippen molar-refractivity contribution in [3.05, 3.63) is 188 Å². The first-order valence-electron chi connectivity index (χ1n) is 12.5. The Balaban J connectivity index is 0.000000142. The van der Waals surface area contributed by atoms with Crippen molar-refractivity contribution in [1.29, 1.82) is 0 Å². The maximum Gasteiger partial charge on any atom is -0.0253 e. The molecular weight excluding hydrogens is 492 g/mol. The molecule has 0 aliphatic heterocycles. The molecule has 0 atom stereocenters. The van der Waals surface area contributed by atoms with Gasteiger partial charge < -0.3 is 0 Å². The van der Waals surface area contributed by atoms with Crippen LogP contribution in [0, 0.1) is 19.9 Å². The van der Waals surface area contributed by atoms with Crippen molar-refractivity contribution in [1.82, 2.24) is 0 Å². The minimum atomic E-state index is 1.05.